The third-order valence-electron chi connectivity index (χ3n) is 4.75. The molecule has 138 valence electrons. The summed E-state index contributed by atoms with van der Waals surface area (Å²) in [5, 5.41) is 11.1. The van der Waals surface area contributed by atoms with Gasteiger partial charge in [-0.25, -0.2) is 0 Å². The molecule has 27 heavy (non-hydrogen) atoms. The lowest BCUT2D eigenvalue weighted by molar-refractivity contribution is -0.126. The fourth-order valence-corrected chi connectivity index (χ4v) is 3.50. The standard InChI is InChI=1S/C19H18BrN5O2/c1-12-8-14(5-6-15(12)20)25-11-13(9-18(25)26)19(27)21-10-17-23-22-16-4-2-3-7-24(16)17/h2-8,13H,9-11H2,1H3,(H,21,27). The largest absolute Gasteiger partial charge is 0.348 e. The number of rotatable bonds is 4. The van der Waals surface area contributed by atoms with Gasteiger partial charge in [-0.05, 0) is 42.8 Å². The first kappa shape index (κ1) is 17.7. The Morgan fingerprint density at radius 1 is 1.30 bits per heavy atom. The molecule has 0 bridgehead atoms. The van der Waals surface area contributed by atoms with E-state index < -0.39 is 0 Å². The van der Waals surface area contributed by atoms with Gasteiger partial charge in [-0.3, -0.25) is 14.0 Å². The third kappa shape index (κ3) is 3.44. The van der Waals surface area contributed by atoms with E-state index >= 15 is 0 Å². The molecule has 2 aromatic heterocycles. The molecule has 8 heteroatoms. The van der Waals surface area contributed by atoms with Gasteiger partial charge >= 0.3 is 0 Å². The Morgan fingerprint density at radius 2 is 2.15 bits per heavy atom. The van der Waals surface area contributed by atoms with Gasteiger partial charge in [-0.15, -0.1) is 10.2 Å². The zero-order valence-corrected chi connectivity index (χ0v) is 16.3. The molecule has 2 amide bonds. The molecule has 1 aromatic carbocycles. The second kappa shape index (κ2) is 7.11. The lowest BCUT2D eigenvalue weighted by Gasteiger charge is -2.17. The predicted molar refractivity (Wildman–Crippen MR) is 104 cm³/mol. The van der Waals surface area contributed by atoms with Gasteiger partial charge in [0.1, 0.15) is 0 Å². The molecule has 1 saturated heterocycles. The molecule has 4 rings (SSSR count). The number of pyridine rings is 1. The van der Waals surface area contributed by atoms with E-state index in [1.54, 1.807) is 4.90 Å². The Balaban J connectivity index is 1.42. The molecule has 0 saturated carbocycles. The highest BCUT2D eigenvalue weighted by Crippen LogP contribution is 2.28. The number of amides is 2. The summed E-state index contributed by atoms with van der Waals surface area (Å²) >= 11 is 3.46. The van der Waals surface area contributed by atoms with Crippen LogP contribution in [-0.2, 0) is 16.1 Å². The summed E-state index contributed by atoms with van der Waals surface area (Å²) in [6, 6.07) is 11.4. The number of aryl methyl sites for hydroxylation is 1. The molecular formula is C19H18BrN5O2. The maximum Gasteiger partial charge on any atom is 0.227 e. The summed E-state index contributed by atoms with van der Waals surface area (Å²) in [5.41, 5.74) is 2.60. The van der Waals surface area contributed by atoms with Crippen LogP contribution in [0.15, 0.2) is 47.1 Å². The van der Waals surface area contributed by atoms with Crippen molar-refractivity contribution in [1.82, 2.24) is 19.9 Å². The second-order valence-electron chi connectivity index (χ2n) is 6.60. The van der Waals surface area contributed by atoms with Gasteiger partial charge in [0.15, 0.2) is 11.5 Å². The van der Waals surface area contributed by atoms with E-state index in [2.05, 4.69) is 31.4 Å². The van der Waals surface area contributed by atoms with E-state index in [9.17, 15) is 9.59 Å². The molecule has 1 atom stereocenters. The number of benzene rings is 1. The van der Waals surface area contributed by atoms with E-state index in [0.717, 1.165) is 21.4 Å². The highest BCUT2D eigenvalue weighted by Gasteiger charge is 2.35. The number of aromatic nitrogens is 3. The van der Waals surface area contributed by atoms with Crippen LogP contribution in [0.25, 0.3) is 5.65 Å². The Kier molecular flexibility index (Phi) is 4.65. The van der Waals surface area contributed by atoms with Crippen molar-refractivity contribution in [1.29, 1.82) is 0 Å². The Hall–Kier alpha value is -2.74. The highest BCUT2D eigenvalue weighted by atomic mass is 79.9. The van der Waals surface area contributed by atoms with Gasteiger partial charge in [-0.2, -0.15) is 0 Å². The molecule has 0 spiro atoms. The summed E-state index contributed by atoms with van der Waals surface area (Å²) < 4.78 is 2.82. The van der Waals surface area contributed by atoms with Crippen LogP contribution in [0.1, 0.15) is 17.8 Å². The summed E-state index contributed by atoms with van der Waals surface area (Å²) in [5.74, 6) is 0.0986. The minimum atomic E-state index is -0.374. The maximum absolute atomic E-state index is 12.6. The molecule has 3 aromatic rings. The van der Waals surface area contributed by atoms with Crippen LogP contribution >= 0.6 is 15.9 Å². The Labute approximate surface area is 164 Å². The Bertz CT molecular complexity index is 1030. The number of nitrogens with one attached hydrogen (secondary N) is 1. The van der Waals surface area contributed by atoms with Gasteiger partial charge in [-0.1, -0.05) is 22.0 Å². The predicted octanol–water partition coefficient (Wildman–Crippen LogP) is 2.47. The van der Waals surface area contributed by atoms with Crippen LogP contribution in [0.5, 0.6) is 0 Å². The van der Waals surface area contributed by atoms with Crippen LogP contribution in [0.2, 0.25) is 0 Å². The van der Waals surface area contributed by atoms with Crippen LogP contribution in [0, 0.1) is 12.8 Å². The monoisotopic (exact) mass is 427 g/mol. The average molecular weight is 428 g/mol. The van der Waals surface area contributed by atoms with Gasteiger partial charge in [0.05, 0.1) is 12.5 Å². The second-order valence-corrected chi connectivity index (χ2v) is 7.46. The first-order valence-electron chi connectivity index (χ1n) is 8.66. The minimum Gasteiger partial charge on any atom is -0.348 e. The lowest BCUT2D eigenvalue weighted by Crippen LogP contribution is -2.33. The zero-order valence-electron chi connectivity index (χ0n) is 14.7. The van der Waals surface area contributed by atoms with Crippen LogP contribution in [-0.4, -0.2) is 33.0 Å². The van der Waals surface area contributed by atoms with Gasteiger partial charge in [0, 0.05) is 29.3 Å². The SMILES string of the molecule is Cc1cc(N2CC(C(=O)NCc3nnc4ccccn34)CC2=O)ccc1Br. The highest BCUT2D eigenvalue weighted by molar-refractivity contribution is 9.10. The van der Waals surface area contributed by atoms with E-state index in [4.69, 9.17) is 0 Å². The number of halogens is 1. The quantitative estimate of drug-likeness (QED) is 0.693. The first-order valence-corrected chi connectivity index (χ1v) is 9.45. The van der Waals surface area contributed by atoms with E-state index in [0.29, 0.717) is 12.4 Å². The number of nitrogens with zero attached hydrogens (tertiary/aromatic N) is 4. The van der Waals surface area contributed by atoms with Gasteiger partial charge in [0.25, 0.3) is 0 Å². The summed E-state index contributed by atoms with van der Waals surface area (Å²) in [6.45, 7) is 2.62. The van der Waals surface area contributed by atoms with Crippen molar-refractivity contribution in [2.24, 2.45) is 5.92 Å². The minimum absolute atomic E-state index is 0.0372. The molecule has 1 N–H and O–H groups in total. The lowest BCUT2D eigenvalue weighted by atomic mass is 10.1. The maximum atomic E-state index is 12.6. The third-order valence-corrected chi connectivity index (χ3v) is 5.64. The fraction of sp³-hybridized carbons (Fsp3) is 0.263. The molecular weight excluding hydrogens is 410 g/mol. The summed E-state index contributed by atoms with van der Waals surface area (Å²) in [4.78, 5) is 26.6. The van der Waals surface area contributed by atoms with Crippen molar-refractivity contribution >= 4 is 39.1 Å². The fourth-order valence-electron chi connectivity index (χ4n) is 3.25. The molecule has 1 unspecified atom stereocenters. The Morgan fingerprint density at radius 3 is 2.96 bits per heavy atom. The van der Waals surface area contributed by atoms with Crippen molar-refractivity contribution in [3.63, 3.8) is 0 Å². The normalized spacial score (nSPS) is 16.9. The molecule has 1 fully saturated rings. The topological polar surface area (TPSA) is 79.6 Å². The van der Waals surface area contributed by atoms with E-state index in [-0.39, 0.29) is 30.7 Å². The number of anilines is 1. The molecule has 1 aliphatic rings. The molecule has 1 aliphatic heterocycles. The summed E-state index contributed by atoms with van der Waals surface area (Å²) in [6.07, 6.45) is 2.06. The zero-order chi connectivity index (χ0) is 19.0. The molecule has 3 heterocycles. The van der Waals surface area contributed by atoms with Crippen molar-refractivity contribution < 1.29 is 9.59 Å². The molecule has 7 nitrogen and oxygen atoms in total. The van der Waals surface area contributed by atoms with Crippen molar-refractivity contribution in [2.75, 3.05) is 11.4 Å². The van der Waals surface area contributed by atoms with E-state index in [1.165, 1.54) is 0 Å². The van der Waals surface area contributed by atoms with Crippen molar-refractivity contribution in [2.45, 2.75) is 19.9 Å². The molecule has 0 radical (unpaired) electrons. The molecule has 0 aliphatic carbocycles. The number of fused-ring (bicyclic) bond motifs is 1. The summed E-state index contributed by atoms with van der Waals surface area (Å²) in [7, 11) is 0. The van der Waals surface area contributed by atoms with Crippen molar-refractivity contribution in [3.8, 4) is 0 Å². The van der Waals surface area contributed by atoms with Crippen LogP contribution in [0.4, 0.5) is 5.69 Å². The van der Waals surface area contributed by atoms with Gasteiger partial charge < -0.3 is 10.2 Å². The number of carbonyl (C=O) groups is 2. The number of hydrogen-bond acceptors (Lipinski definition) is 4. The average Bonchev–Trinajstić information content (AvgIpc) is 3.26. The van der Waals surface area contributed by atoms with Gasteiger partial charge in [0.2, 0.25) is 11.8 Å². The first-order chi connectivity index (χ1) is 13.0. The van der Waals surface area contributed by atoms with Crippen LogP contribution in [0.3, 0.4) is 0 Å². The number of hydrogen-bond donors (Lipinski definition) is 1. The van der Waals surface area contributed by atoms with Crippen LogP contribution < -0.4 is 10.2 Å². The smallest absolute Gasteiger partial charge is 0.227 e. The number of carbonyl (C=O) groups excluding carboxylic acids is 2. The van der Waals surface area contributed by atoms with E-state index in [1.807, 2.05) is 53.9 Å². The van der Waals surface area contributed by atoms with Crippen molar-refractivity contribution in [3.05, 3.63) is 58.5 Å².